The molecule has 2 rings (SSSR count). The fourth-order valence-electron chi connectivity index (χ4n) is 3.85. The Labute approximate surface area is 189 Å². The van der Waals surface area contributed by atoms with Crippen LogP contribution < -0.4 is 9.47 Å². The van der Waals surface area contributed by atoms with Crippen LogP contribution >= 0.6 is 0 Å². The first-order valence-electron chi connectivity index (χ1n) is 12.5. The van der Waals surface area contributed by atoms with Gasteiger partial charge in [0.2, 0.25) is 0 Å². The van der Waals surface area contributed by atoms with E-state index in [1.165, 1.54) is 51.0 Å². The SMILES string of the molecule is CCCCCCOc1cc(C=CC(=O)OC2CCCCC2)cc(OCCCCCC)c1. The third-order valence-corrected chi connectivity index (χ3v) is 5.68. The molecule has 1 aromatic rings. The summed E-state index contributed by atoms with van der Waals surface area (Å²) in [6.07, 6.45) is 18.3. The minimum Gasteiger partial charge on any atom is -0.493 e. The molecule has 0 N–H and O–H groups in total. The van der Waals surface area contributed by atoms with Crippen LogP contribution in [0.3, 0.4) is 0 Å². The van der Waals surface area contributed by atoms with Crippen molar-refractivity contribution < 1.29 is 19.0 Å². The molecule has 0 radical (unpaired) electrons. The normalized spacial score (nSPS) is 14.6. The number of carbonyl (C=O) groups excluding carboxylic acids is 1. The van der Waals surface area contributed by atoms with E-state index in [1.807, 2.05) is 18.2 Å². The Balaban J connectivity index is 1.94. The van der Waals surface area contributed by atoms with Gasteiger partial charge in [-0.25, -0.2) is 4.79 Å². The summed E-state index contributed by atoms with van der Waals surface area (Å²) in [7, 11) is 0. The van der Waals surface area contributed by atoms with E-state index in [1.54, 1.807) is 6.08 Å². The Morgan fingerprint density at radius 1 is 0.839 bits per heavy atom. The van der Waals surface area contributed by atoms with Crippen LogP contribution in [0.1, 0.15) is 103 Å². The van der Waals surface area contributed by atoms with Crippen LogP contribution in [0.2, 0.25) is 0 Å². The molecule has 1 aliphatic rings. The topological polar surface area (TPSA) is 44.8 Å². The van der Waals surface area contributed by atoms with Crippen LogP contribution in [-0.2, 0) is 9.53 Å². The molecule has 0 atom stereocenters. The summed E-state index contributed by atoms with van der Waals surface area (Å²) >= 11 is 0. The summed E-state index contributed by atoms with van der Waals surface area (Å²) in [5.41, 5.74) is 0.898. The van der Waals surface area contributed by atoms with Crippen LogP contribution in [0.5, 0.6) is 11.5 Å². The van der Waals surface area contributed by atoms with E-state index in [9.17, 15) is 4.79 Å². The number of benzene rings is 1. The van der Waals surface area contributed by atoms with Gasteiger partial charge in [-0.2, -0.15) is 0 Å². The van der Waals surface area contributed by atoms with Crippen molar-refractivity contribution in [2.24, 2.45) is 0 Å². The monoisotopic (exact) mass is 430 g/mol. The largest absolute Gasteiger partial charge is 0.493 e. The molecule has 0 amide bonds. The molecule has 1 aromatic carbocycles. The molecule has 1 saturated carbocycles. The van der Waals surface area contributed by atoms with Crippen LogP contribution in [-0.4, -0.2) is 25.3 Å². The van der Waals surface area contributed by atoms with E-state index in [2.05, 4.69) is 13.8 Å². The highest BCUT2D eigenvalue weighted by Crippen LogP contribution is 2.25. The van der Waals surface area contributed by atoms with E-state index in [-0.39, 0.29) is 12.1 Å². The molecule has 4 heteroatoms. The Morgan fingerprint density at radius 3 is 1.97 bits per heavy atom. The number of unbranched alkanes of at least 4 members (excludes halogenated alkanes) is 6. The summed E-state index contributed by atoms with van der Waals surface area (Å²) < 4.78 is 17.5. The average Bonchev–Trinajstić information content (AvgIpc) is 2.78. The highest BCUT2D eigenvalue weighted by atomic mass is 16.5. The number of hydrogen-bond acceptors (Lipinski definition) is 4. The number of carbonyl (C=O) groups is 1. The Morgan fingerprint density at radius 2 is 1.42 bits per heavy atom. The van der Waals surface area contributed by atoms with Gasteiger partial charge < -0.3 is 14.2 Å². The fraction of sp³-hybridized carbons (Fsp3) is 0.667. The highest BCUT2D eigenvalue weighted by molar-refractivity contribution is 5.87. The highest BCUT2D eigenvalue weighted by Gasteiger charge is 2.16. The Hall–Kier alpha value is -1.97. The lowest BCUT2D eigenvalue weighted by atomic mass is 9.98. The molecule has 0 bridgehead atoms. The second-order valence-electron chi connectivity index (χ2n) is 8.59. The third kappa shape index (κ3) is 11.3. The van der Waals surface area contributed by atoms with Gasteiger partial charge in [-0.05, 0) is 62.3 Å². The smallest absolute Gasteiger partial charge is 0.331 e. The van der Waals surface area contributed by atoms with Crippen LogP contribution in [0.25, 0.3) is 6.08 Å². The van der Waals surface area contributed by atoms with Gasteiger partial charge in [0.25, 0.3) is 0 Å². The predicted octanol–water partition coefficient (Wildman–Crippen LogP) is 7.49. The van der Waals surface area contributed by atoms with E-state index >= 15 is 0 Å². The molecule has 0 saturated heterocycles. The molecule has 0 aromatic heterocycles. The molecular weight excluding hydrogens is 388 g/mol. The van der Waals surface area contributed by atoms with Gasteiger partial charge in [-0.15, -0.1) is 0 Å². The quantitative estimate of drug-likeness (QED) is 0.164. The van der Waals surface area contributed by atoms with E-state index in [0.29, 0.717) is 13.2 Å². The molecule has 0 unspecified atom stereocenters. The van der Waals surface area contributed by atoms with Crippen molar-refractivity contribution in [3.05, 3.63) is 29.8 Å². The van der Waals surface area contributed by atoms with Gasteiger partial charge in [-0.3, -0.25) is 0 Å². The number of ether oxygens (including phenoxy) is 3. The summed E-state index contributed by atoms with van der Waals surface area (Å²) in [4.78, 5) is 12.2. The lowest BCUT2D eigenvalue weighted by Gasteiger charge is -2.20. The van der Waals surface area contributed by atoms with Crippen molar-refractivity contribution in [2.75, 3.05) is 13.2 Å². The molecule has 0 spiro atoms. The zero-order valence-corrected chi connectivity index (χ0v) is 19.7. The fourth-order valence-corrected chi connectivity index (χ4v) is 3.85. The third-order valence-electron chi connectivity index (χ3n) is 5.68. The van der Waals surface area contributed by atoms with E-state index < -0.39 is 0 Å². The molecule has 1 aliphatic carbocycles. The minimum absolute atomic E-state index is 0.0747. The van der Waals surface area contributed by atoms with Crippen molar-refractivity contribution >= 4 is 12.0 Å². The summed E-state index contributed by atoms with van der Waals surface area (Å²) in [5.74, 6) is 1.32. The Kier molecular flexibility index (Phi) is 12.9. The van der Waals surface area contributed by atoms with Gasteiger partial charge in [-0.1, -0.05) is 58.8 Å². The van der Waals surface area contributed by atoms with Gasteiger partial charge >= 0.3 is 5.97 Å². The summed E-state index contributed by atoms with van der Waals surface area (Å²) in [5, 5.41) is 0. The second-order valence-corrected chi connectivity index (χ2v) is 8.59. The first kappa shape index (κ1) is 25.3. The number of hydrogen-bond donors (Lipinski definition) is 0. The first-order chi connectivity index (χ1) is 15.2. The van der Waals surface area contributed by atoms with E-state index in [0.717, 1.165) is 55.6 Å². The van der Waals surface area contributed by atoms with Crippen LogP contribution in [0.4, 0.5) is 0 Å². The Bertz CT molecular complexity index is 614. The van der Waals surface area contributed by atoms with Crippen molar-refractivity contribution in [3.63, 3.8) is 0 Å². The maximum Gasteiger partial charge on any atom is 0.331 e. The lowest BCUT2D eigenvalue weighted by Crippen LogP contribution is -2.19. The molecule has 4 nitrogen and oxygen atoms in total. The lowest BCUT2D eigenvalue weighted by molar-refractivity contribution is -0.144. The first-order valence-corrected chi connectivity index (χ1v) is 12.5. The van der Waals surface area contributed by atoms with Gasteiger partial charge in [0.1, 0.15) is 17.6 Å². The van der Waals surface area contributed by atoms with Crippen molar-refractivity contribution in [2.45, 2.75) is 103 Å². The van der Waals surface area contributed by atoms with Gasteiger partial charge in [0.15, 0.2) is 0 Å². The zero-order chi connectivity index (χ0) is 22.2. The van der Waals surface area contributed by atoms with Crippen LogP contribution in [0, 0.1) is 0 Å². The average molecular weight is 431 g/mol. The van der Waals surface area contributed by atoms with E-state index in [4.69, 9.17) is 14.2 Å². The summed E-state index contributed by atoms with van der Waals surface area (Å²) in [6.45, 7) is 5.82. The van der Waals surface area contributed by atoms with Crippen molar-refractivity contribution in [3.8, 4) is 11.5 Å². The zero-order valence-electron chi connectivity index (χ0n) is 19.7. The minimum atomic E-state index is -0.264. The van der Waals surface area contributed by atoms with Crippen LogP contribution in [0.15, 0.2) is 24.3 Å². The second kappa shape index (κ2) is 15.8. The van der Waals surface area contributed by atoms with Crippen molar-refractivity contribution in [1.29, 1.82) is 0 Å². The number of rotatable bonds is 15. The standard InChI is InChI=1S/C27H42O4/c1-3-5-7-12-18-29-25-20-23(21-26(22-25)30-19-13-8-6-4-2)16-17-27(28)31-24-14-10-9-11-15-24/h16-17,20-22,24H,3-15,18-19H2,1-2H3. The maximum atomic E-state index is 12.2. The molecule has 174 valence electrons. The molecule has 0 aliphatic heterocycles. The van der Waals surface area contributed by atoms with Gasteiger partial charge in [0, 0.05) is 12.1 Å². The maximum absolute atomic E-state index is 12.2. The van der Waals surface area contributed by atoms with Crippen molar-refractivity contribution in [1.82, 2.24) is 0 Å². The molecule has 0 heterocycles. The summed E-state index contributed by atoms with van der Waals surface area (Å²) in [6, 6.07) is 5.89. The molecule has 31 heavy (non-hydrogen) atoms. The predicted molar refractivity (Wildman–Crippen MR) is 128 cm³/mol. The van der Waals surface area contributed by atoms with Gasteiger partial charge in [0.05, 0.1) is 13.2 Å². The molecular formula is C27H42O4. The molecule has 1 fully saturated rings. The number of esters is 1.